The predicted octanol–water partition coefficient (Wildman–Crippen LogP) is 2.50. The van der Waals surface area contributed by atoms with E-state index in [1.807, 2.05) is 17.0 Å². The zero-order chi connectivity index (χ0) is 18.4. The lowest BCUT2D eigenvalue weighted by Crippen LogP contribution is -2.45. The number of methoxy groups -OCH3 is 2. The van der Waals surface area contributed by atoms with Crippen molar-refractivity contribution in [3.8, 4) is 11.5 Å². The van der Waals surface area contributed by atoms with Crippen LogP contribution < -0.4 is 14.8 Å². The van der Waals surface area contributed by atoms with E-state index in [0.29, 0.717) is 24.9 Å². The fourth-order valence-corrected chi connectivity index (χ4v) is 3.26. The predicted molar refractivity (Wildman–Crippen MR) is 99.4 cm³/mol. The summed E-state index contributed by atoms with van der Waals surface area (Å²) in [6, 6.07) is 4.49. The van der Waals surface area contributed by atoms with Crippen molar-refractivity contribution in [2.24, 2.45) is 0 Å². The first-order valence-corrected chi connectivity index (χ1v) is 9.00. The van der Waals surface area contributed by atoms with E-state index in [-0.39, 0.29) is 6.03 Å². The Morgan fingerprint density at radius 3 is 2.44 bits per heavy atom. The van der Waals surface area contributed by atoms with Gasteiger partial charge >= 0.3 is 6.03 Å². The van der Waals surface area contributed by atoms with Crippen LogP contribution in [-0.2, 0) is 13.0 Å². The fourth-order valence-electron chi connectivity index (χ4n) is 3.26. The van der Waals surface area contributed by atoms with Gasteiger partial charge in [-0.15, -0.1) is 0 Å². The molecule has 0 atom stereocenters. The van der Waals surface area contributed by atoms with Gasteiger partial charge in [0.2, 0.25) is 0 Å². The molecule has 1 N–H and O–H groups in total. The minimum Gasteiger partial charge on any atom is -0.493 e. The van der Waals surface area contributed by atoms with E-state index < -0.39 is 0 Å². The van der Waals surface area contributed by atoms with Gasteiger partial charge in [0.15, 0.2) is 11.5 Å². The van der Waals surface area contributed by atoms with Crippen molar-refractivity contribution in [3.05, 3.63) is 23.3 Å². The summed E-state index contributed by atoms with van der Waals surface area (Å²) in [4.78, 5) is 16.7. The van der Waals surface area contributed by atoms with Crippen LogP contribution in [0.15, 0.2) is 12.1 Å². The Morgan fingerprint density at radius 1 is 1.24 bits per heavy atom. The summed E-state index contributed by atoms with van der Waals surface area (Å²) in [6.45, 7) is 10.3. The van der Waals surface area contributed by atoms with E-state index in [1.54, 1.807) is 14.2 Å². The van der Waals surface area contributed by atoms with Gasteiger partial charge in [0.1, 0.15) is 0 Å². The van der Waals surface area contributed by atoms with E-state index in [2.05, 4.69) is 31.0 Å². The number of rotatable bonds is 7. The van der Waals surface area contributed by atoms with Crippen LogP contribution in [0.4, 0.5) is 4.79 Å². The summed E-state index contributed by atoms with van der Waals surface area (Å²) < 4.78 is 10.7. The lowest BCUT2D eigenvalue weighted by molar-refractivity contribution is 0.186. The molecule has 0 radical (unpaired) electrons. The molecular formula is C19H31N3O3. The highest BCUT2D eigenvalue weighted by atomic mass is 16.5. The Kier molecular flexibility index (Phi) is 6.93. The molecule has 25 heavy (non-hydrogen) atoms. The van der Waals surface area contributed by atoms with E-state index in [1.165, 1.54) is 5.56 Å². The normalized spacial score (nSPS) is 13.8. The van der Waals surface area contributed by atoms with Crippen molar-refractivity contribution in [2.75, 3.05) is 40.4 Å². The maximum absolute atomic E-state index is 12.5. The molecular weight excluding hydrogens is 318 g/mol. The molecule has 0 bridgehead atoms. The van der Waals surface area contributed by atoms with Gasteiger partial charge in [0.25, 0.3) is 0 Å². The number of carbonyl (C=O) groups is 1. The zero-order valence-corrected chi connectivity index (χ0v) is 16.1. The third kappa shape index (κ3) is 4.78. The number of hydrogen-bond donors (Lipinski definition) is 1. The molecule has 0 spiro atoms. The third-order valence-electron chi connectivity index (χ3n) is 4.82. The van der Waals surface area contributed by atoms with Gasteiger partial charge < -0.3 is 19.7 Å². The molecule has 2 amide bonds. The van der Waals surface area contributed by atoms with Crippen molar-refractivity contribution < 1.29 is 14.3 Å². The highest BCUT2D eigenvalue weighted by Gasteiger charge is 2.22. The summed E-state index contributed by atoms with van der Waals surface area (Å²) in [5.74, 6) is 1.45. The van der Waals surface area contributed by atoms with Crippen LogP contribution in [-0.4, -0.2) is 62.3 Å². The van der Waals surface area contributed by atoms with Gasteiger partial charge in [-0.1, -0.05) is 6.92 Å². The van der Waals surface area contributed by atoms with E-state index in [9.17, 15) is 4.79 Å². The molecule has 1 aliphatic heterocycles. The zero-order valence-electron chi connectivity index (χ0n) is 16.1. The molecule has 6 nitrogen and oxygen atoms in total. The van der Waals surface area contributed by atoms with Gasteiger partial charge in [-0.05, 0) is 50.1 Å². The van der Waals surface area contributed by atoms with E-state index >= 15 is 0 Å². The molecule has 0 unspecified atom stereocenters. The monoisotopic (exact) mass is 349 g/mol. The number of nitrogens with one attached hydrogen (secondary N) is 1. The van der Waals surface area contributed by atoms with Gasteiger partial charge in [-0.25, -0.2) is 4.79 Å². The Labute approximate surface area is 151 Å². The van der Waals surface area contributed by atoms with Crippen molar-refractivity contribution in [3.63, 3.8) is 0 Å². The lowest BCUT2D eigenvalue weighted by atomic mass is 9.99. The van der Waals surface area contributed by atoms with Crippen molar-refractivity contribution >= 4 is 6.03 Å². The topological polar surface area (TPSA) is 54.0 Å². The first kappa shape index (κ1) is 19.4. The molecule has 0 aromatic heterocycles. The number of hydrogen-bond acceptors (Lipinski definition) is 4. The molecule has 6 heteroatoms. The molecule has 1 aliphatic rings. The van der Waals surface area contributed by atoms with Crippen LogP contribution in [0, 0.1) is 0 Å². The number of urea groups is 1. The second kappa shape index (κ2) is 8.94. The molecule has 1 heterocycles. The first-order valence-electron chi connectivity index (χ1n) is 9.00. The number of nitrogens with zero attached hydrogens (tertiary/aromatic N) is 2. The number of amides is 2. The van der Waals surface area contributed by atoms with Crippen LogP contribution >= 0.6 is 0 Å². The largest absolute Gasteiger partial charge is 0.493 e. The smallest absolute Gasteiger partial charge is 0.317 e. The van der Waals surface area contributed by atoms with Crippen molar-refractivity contribution in [2.45, 2.75) is 39.8 Å². The standard InChI is InChI=1S/C19H31N3O3/c1-6-21(14(2)3)10-8-20-19(23)22-9-7-15-11-17(24-4)18(25-5)12-16(15)13-22/h11-12,14H,6-10,13H2,1-5H3,(H,20,23). The Balaban J connectivity index is 1.94. The lowest BCUT2D eigenvalue weighted by Gasteiger charge is -2.30. The number of fused-ring (bicyclic) bond motifs is 1. The SMILES string of the molecule is CCN(CCNC(=O)N1CCc2cc(OC)c(OC)cc2C1)C(C)C. The van der Waals surface area contributed by atoms with Gasteiger partial charge in [0.05, 0.1) is 14.2 Å². The summed E-state index contributed by atoms with van der Waals surface area (Å²) in [5.41, 5.74) is 2.34. The maximum Gasteiger partial charge on any atom is 0.317 e. The second-order valence-corrected chi connectivity index (χ2v) is 6.60. The highest BCUT2D eigenvalue weighted by molar-refractivity contribution is 5.74. The summed E-state index contributed by atoms with van der Waals surface area (Å²) in [7, 11) is 3.27. The Bertz CT molecular complexity index is 590. The van der Waals surface area contributed by atoms with Crippen LogP contribution in [0.3, 0.4) is 0 Å². The minimum atomic E-state index is 0.000226. The summed E-state index contributed by atoms with van der Waals surface area (Å²) in [6.07, 6.45) is 0.830. The third-order valence-corrected chi connectivity index (χ3v) is 4.82. The van der Waals surface area contributed by atoms with E-state index in [0.717, 1.165) is 37.4 Å². The Hall–Kier alpha value is -1.95. The second-order valence-electron chi connectivity index (χ2n) is 6.60. The fraction of sp³-hybridized carbons (Fsp3) is 0.632. The average Bonchev–Trinajstić information content (AvgIpc) is 2.62. The maximum atomic E-state index is 12.5. The molecule has 0 aliphatic carbocycles. The van der Waals surface area contributed by atoms with Gasteiger partial charge in [-0.2, -0.15) is 0 Å². The number of benzene rings is 1. The molecule has 0 fully saturated rings. The highest BCUT2D eigenvalue weighted by Crippen LogP contribution is 2.33. The van der Waals surface area contributed by atoms with Crippen LogP contribution in [0.25, 0.3) is 0 Å². The van der Waals surface area contributed by atoms with Crippen molar-refractivity contribution in [1.29, 1.82) is 0 Å². The molecule has 1 aromatic carbocycles. The molecule has 1 aromatic rings. The number of ether oxygens (including phenoxy) is 2. The molecule has 2 rings (SSSR count). The quantitative estimate of drug-likeness (QED) is 0.822. The van der Waals surface area contributed by atoms with Gasteiger partial charge in [-0.3, -0.25) is 4.90 Å². The minimum absolute atomic E-state index is 0.000226. The molecule has 0 saturated carbocycles. The summed E-state index contributed by atoms with van der Waals surface area (Å²) in [5, 5.41) is 3.04. The first-order chi connectivity index (χ1) is 12.0. The van der Waals surface area contributed by atoms with Gasteiger partial charge in [0, 0.05) is 32.2 Å². The van der Waals surface area contributed by atoms with Crippen LogP contribution in [0.5, 0.6) is 11.5 Å². The number of likely N-dealkylation sites (N-methyl/N-ethyl adjacent to an activating group) is 1. The van der Waals surface area contributed by atoms with E-state index in [4.69, 9.17) is 9.47 Å². The Morgan fingerprint density at radius 2 is 1.88 bits per heavy atom. The van der Waals surface area contributed by atoms with Crippen LogP contribution in [0.1, 0.15) is 31.9 Å². The molecule has 140 valence electrons. The molecule has 0 saturated heterocycles. The van der Waals surface area contributed by atoms with Crippen LogP contribution in [0.2, 0.25) is 0 Å². The summed E-state index contributed by atoms with van der Waals surface area (Å²) >= 11 is 0. The van der Waals surface area contributed by atoms with Crippen molar-refractivity contribution in [1.82, 2.24) is 15.1 Å². The average molecular weight is 349 g/mol. The number of carbonyl (C=O) groups excluding carboxylic acids is 1.